The Balaban J connectivity index is 2.83. The molecular weight excluding hydrogens is 140 g/mol. The number of hydrogen-bond donors (Lipinski definition) is 0. The molecule has 0 aliphatic carbocycles. The Hall–Kier alpha value is -1.06. The van der Waals surface area contributed by atoms with Gasteiger partial charge < -0.3 is 0 Å². The molecule has 1 rings (SSSR count). The molecule has 1 aromatic heterocycles. The van der Waals surface area contributed by atoms with Gasteiger partial charge in [0, 0.05) is 12.3 Å². The third-order valence-electron chi connectivity index (χ3n) is 1.37. The third kappa shape index (κ3) is 1.93. The summed E-state index contributed by atoms with van der Waals surface area (Å²) >= 11 is 0. The molecule has 0 fully saturated rings. The average Bonchev–Trinajstić information content (AvgIpc) is 2.05. The molecular formula is C7H12N4. The molecule has 0 bridgehead atoms. The topological polar surface area (TPSA) is 51.6 Å². The SMILES string of the molecule is CCc1nnc(C(C)C)nn1. The summed E-state index contributed by atoms with van der Waals surface area (Å²) in [6, 6.07) is 0. The van der Waals surface area contributed by atoms with Gasteiger partial charge in [-0.05, 0) is 0 Å². The van der Waals surface area contributed by atoms with Crippen LogP contribution in [0.2, 0.25) is 0 Å². The van der Waals surface area contributed by atoms with Gasteiger partial charge in [0.2, 0.25) is 0 Å². The molecule has 0 spiro atoms. The first-order chi connectivity index (χ1) is 5.24. The molecule has 0 aliphatic heterocycles. The Labute approximate surface area is 66.1 Å². The molecule has 4 nitrogen and oxygen atoms in total. The zero-order valence-corrected chi connectivity index (χ0v) is 7.07. The Morgan fingerprint density at radius 3 is 2.00 bits per heavy atom. The van der Waals surface area contributed by atoms with E-state index in [4.69, 9.17) is 0 Å². The van der Waals surface area contributed by atoms with E-state index in [1.807, 2.05) is 20.8 Å². The van der Waals surface area contributed by atoms with Crippen LogP contribution in [0.4, 0.5) is 0 Å². The summed E-state index contributed by atoms with van der Waals surface area (Å²) in [6.45, 7) is 6.02. The van der Waals surface area contributed by atoms with E-state index in [0.29, 0.717) is 17.6 Å². The highest BCUT2D eigenvalue weighted by molar-refractivity contribution is 4.87. The smallest absolute Gasteiger partial charge is 0.132 e. The monoisotopic (exact) mass is 152 g/mol. The van der Waals surface area contributed by atoms with Gasteiger partial charge in [0.1, 0.15) is 0 Å². The van der Waals surface area contributed by atoms with E-state index in [0.717, 1.165) is 6.42 Å². The maximum atomic E-state index is 3.93. The molecule has 11 heavy (non-hydrogen) atoms. The van der Waals surface area contributed by atoms with Crippen LogP contribution in [0, 0.1) is 0 Å². The number of aryl methyl sites for hydroxylation is 1. The van der Waals surface area contributed by atoms with Crippen molar-refractivity contribution >= 4 is 0 Å². The lowest BCUT2D eigenvalue weighted by molar-refractivity contribution is 0.660. The molecule has 0 saturated carbocycles. The maximum absolute atomic E-state index is 3.93. The second-order valence-electron chi connectivity index (χ2n) is 2.68. The molecule has 1 aromatic rings. The quantitative estimate of drug-likeness (QED) is 0.633. The second-order valence-corrected chi connectivity index (χ2v) is 2.68. The van der Waals surface area contributed by atoms with Gasteiger partial charge in [0.15, 0.2) is 11.6 Å². The lowest BCUT2D eigenvalue weighted by atomic mass is 10.2. The molecule has 0 saturated heterocycles. The summed E-state index contributed by atoms with van der Waals surface area (Å²) in [5, 5.41) is 15.6. The average molecular weight is 152 g/mol. The normalized spacial score (nSPS) is 10.5. The van der Waals surface area contributed by atoms with Crippen LogP contribution < -0.4 is 0 Å². The highest BCUT2D eigenvalue weighted by Crippen LogP contribution is 2.04. The standard InChI is InChI=1S/C7H12N4/c1-4-6-8-10-7(5(2)3)11-9-6/h5H,4H2,1-3H3. The van der Waals surface area contributed by atoms with Gasteiger partial charge in [-0.25, -0.2) is 0 Å². The highest BCUT2D eigenvalue weighted by atomic mass is 15.3. The van der Waals surface area contributed by atoms with Gasteiger partial charge in [0.25, 0.3) is 0 Å². The molecule has 0 aromatic carbocycles. The van der Waals surface area contributed by atoms with E-state index in [1.165, 1.54) is 0 Å². The van der Waals surface area contributed by atoms with Crippen molar-refractivity contribution in [2.45, 2.75) is 33.1 Å². The molecule has 0 N–H and O–H groups in total. The van der Waals surface area contributed by atoms with Crippen LogP contribution in [0.25, 0.3) is 0 Å². The molecule has 1 heterocycles. The van der Waals surface area contributed by atoms with Gasteiger partial charge in [-0.2, -0.15) is 0 Å². The van der Waals surface area contributed by atoms with Crippen LogP contribution in [0.3, 0.4) is 0 Å². The van der Waals surface area contributed by atoms with E-state index in [-0.39, 0.29) is 0 Å². The van der Waals surface area contributed by atoms with Gasteiger partial charge in [0.05, 0.1) is 0 Å². The van der Waals surface area contributed by atoms with Crippen molar-refractivity contribution in [2.24, 2.45) is 0 Å². The van der Waals surface area contributed by atoms with E-state index < -0.39 is 0 Å². The third-order valence-corrected chi connectivity index (χ3v) is 1.37. The van der Waals surface area contributed by atoms with Gasteiger partial charge in [-0.15, -0.1) is 20.4 Å². The lowest BCUT2D eigenvalue weighted by Crippen LogP contribution is -2.05. The summed E-state index contributed by atoms with van der Waals surface area (Å²) in [5.41, 5.74) is 0. The van der Waals surface area contributed by atoms with Gasteiger partial charge >= 0.3 is 0 Å². The minimum atomic E-state index is 0.306. The van der Waals surface area contributed by atoms with Crippen LogP contribution in [0.1, 0.15) is 38.3 Å². The van der Waals surface area contributed by atoms with Gasteiger partial charge in [-0.3, -0.25) is 0 Å². The van der Waals surface area contributed by atoms with Crippen molar-refractivity contribution in [1.29, 1.82) is 0 Å². The number of aromatic nitrogens is 4. The second kappa shape index (κ2) is 3.37. The molecule has 0 unspecified atom stereocenters. The van der Waals surface area contributed by atoms with Crippen LogP contribution in [0.5, 0.6) is 0 Å². The van der Waals surface area contributed by atoms with Crippen LogP contribution in [-0.4, -0.2) is 20.4 Å². The Kier molecular flexibility index (Phi) is 2.46. The number of hydrogen-bond acceptors (Lipinski definition) is 4. The predicted octanol–water partition coefficient (Wildman–Crippen LogP) is 0.952. The van der Waals surface area contributed by atoms with E-state index >= 15 is 0 Å². The largest absolute Gasteiger partial charge is 0.176 e. The van der Waals surface area contributed by atoms with Crippen molar-refractivity contribution in [3.8, 4) is 0 Å². The fourth-order valence-electron chi connectivity index (χ4n) is 0.630. The maximum Gasteiger partial charge on any atom is 0.176 e. The van der Waals surface area contributed by atoms with Crippen molar-refractivity contribution in [3.05, 3.63) is 11.6 Å². The fourth-order valence-corrected chi connectivity index (χ4v) is 0.630. The fraction of sp³-hybridized carbons (Fsp3) is 0.714. The molecule has 0 radical (unpaired) electrons. The highest BCUT2D eigenvalue weighted by Gasteiger charge is 2.03. The van der Waals surface area contributed by atoms with Crippen molar-refractivity contribution in [1.82, 2.24) is 20.4 Å². The number of rotatable bonds is 2. The molecule has 4 heteroatoms. The zero-order valence-electron chi connectivity index (χ0n) is 7.07. The Morgan fingerprint density at radius 2 is 1.64 bits per heavy atom. The van der Waals surface area contributed by atoms with Crippen molar-refractivity contribution < 1.29 is 0 Å². The Morgan fingerprint density at radius 1 is 1.09 bits per heavy atom. The minimum Gasteiger partial charge on any atom is -0.132 e. The summed E-state index contributed by atoms with van der Waals surface area (Å²) in [5.74, 6) is 1.72. The summed E-state index contributed by atoms with van der Waals surface area (Å²) in [7, 11) is 0. The lowest BCUT2D eigenvalue weighted by Gasteiger charge is -1.99. The van der Waals surface area contributed by atoms with Crippen molar-refractivity contribution in [3.63, 3.8) is 0 Å². The summed E-state index contributed by atoms with van der Waals surface area (Å²) in [4.78, 5) is 0. The van der Waals surface area contributed by atoms with E-state index in [1.54, 1.807) is 0 Å². The minimum absolute atomic E-state index is 0.306. The summed E-state index contributed by atoms with van der Waals surface area (Å²) in [6.07, 6.45) is 0.790. The molecule has 0 amide bonds. The molecule has 60 valence electrons. The summed E-state index contributed by atoms with van der Waals surface area (Å²) < 4.78 is 0. The molecule has 0 atom stereocenters. The Bertz CT molecular complexity index is 216. The first-order valence-corrected chi connectivity index (χ1v) is 3.80. The van der Waals surface area contributed by atoms with Crippen molar-refractivity contribution in [2.75, 3.05) is 0 Å². The van der Waals surface area contributed by atoms with E-state index in [2.05, 4.69) is 20.4 Å². The van der Waals surface area contributed by atoms with Gasteiger partial charge in [-0.1, -0.05) is 20.8 Å². The first kappa shape index (κ1) is 8.04. The molecule has 0 aliphatic rings. The van der Waals surface area contributed by atoms with Crippen LogP contribution >= 0.6 is 0 Å². The van der Waals surface area contributed by atoms with Crippen LogP contribution in [0.15, 0.2) is 0 Å². The number of nitrogens with zero attached hydrogens (tertiary/aromatic N) is 4. The zero-order chi connectivity index (χ0) is 8.27. The van der Waals surface area contributed by atoms with Crippen LogP contribution in [-0.2, 0) is 6.42 Å². The first-order valence-electron chi connectivity index (χ1n) is 3.80. The predicted molar refractivity (Wildman–Crippen MR) is 41.1 cm³/mol. The van der Waals surface area contributed by atoms with E-state index in [9.17, 15) is 0 Å².